The quantitative estimate of drug-likeness (QED) is 0.593. The minimum absolute atomic E-state index is 0.712. The van der Waals surface area contributed by atoms with Crippen LogP contribution in [0.5, 0.6) is 5.75 Å². The van der Waals surface area contributed by atoms with E-state index >= 15 is 0 Å². The van der Waals surface area contributed by atoms with Gasteiger partial charge in [0.15, 0.2) is 0 Å². The first-order valence-corrected chi connectivity index (χ1v) is 11.3. The van der Waals surface area contributed by atoms with Crippen molar-refractivity contribution in [2.75, 3.05) is 32.8 Å². The van der Waals surface area contributed by atoms with Crippen LogP contribution in [-0.4, -0.2) is 53.6 Å². The molecule has 0 amide bonds. The zero-order valence-corrected chi connectivity index (χ0v) is 18.0. The molecule has 0 spiro atoms. The number of hydrogen-bond acceptors (Lipinski definition) is 5. The first-order valence-electron chi connectivity index (χ1n) is 11.3. The second kappa shape index (κ2) is 9.77. The van der Waals surface area contributed by atoms with Gasteiger partial charge in [-0.05, 0) is 89.3 Å². The lowest BCUT2D eigenvalue weighted by Crippen LogP contribution is -2.29. The summed E-state index contributed by atoms with van der Waals surface area (Å²) in [5, 5.41) is 0. The van der Waals surface area contributed by atoms with Gasteiger partial charge in [-0.3, -0.25) is 4.90 Å². The van der Waals surface area contributed by atoms with Gasteiger partial charge >= 0.3 is 0 Å². The monoisotopic (exact) mass is 397 g/mol. The van der Waals surface area contributed by atoms with Gasteiger partial charge in [0.1, 0.15) is 12.0 Å². The fourth-order valence-corrected chi connectivity index (χ4v) is 4.60. The Kier molecular flexibility index (Phi) is 6.88. The molecule has 0 bridgehead atoms. The number of ether oxygens (including phenoxy) is 1. The standard InChI is InChI=1S/C24H35N3O2/c1-19-16-22(28-15-7-14-27-13-6-8-20(27)2)9-10-23(19)24-25-21(18-29-24)17-26-11-4-3-5-12-26/h9-10,16,18,20H,3-8,11-15,17H2,1-2H3. The highest BCUT2D eigenvalue weighted by Crippen LogP contribution is 2.27. The van der Waals surface area contributed by atoms with Gasteiger partial charge in [-0.15, -0.1) is 0 Å². The first-order chi connectivity index (χ1) is 14.2. The number of aryl methyl sites for hydroxylation is 1. The van der Waals surface area contributed by atoms with Crippen molar-refractivity contribution in [3.05, 3.63) is 35.7 Å². The molecule has 2 fully saturated rings. The van der Waals surface area contributed by atoms with Crippen molar-refractivity contribution in [2.24, 2.45) is 0 Å². The van der Waals surface area contributed by atoms with Gasteiger partial charge in [-0.2, -0.15) is 0 Å². The first kappa shape index (κ1) is 20.4. The number of hydrogen-bond donors (Lipinski definition) is 0. The smallest absolute Gasteiger partial charge is 0.226 e. The van der Waals surface area contributed by atoms with Crippen molar-refractivity contribution in [1.29, 1.82) is 0 Å². The molecule has 29 heavy (non-hydrogen) atoms. The summed E-state index contributed by atoms with van der Waals surface area (Å²) in [5.74, 6) is 1.64. The van der Waals surface area contributed by atoms with Gasteiger partial charge in [-0.1, -0.05) is 6.42 Å². The predicted octanol–water partition coefficient (Wildman–Crippen LogP) is 4.89. The van der Waals surface area contributed by atoms with Gasteiger partial charge in [0.2, 0.25) is 5.89 Å². The molecule has 1 aromatic carbocycles. The second-order valence-corrected chi connectivity index (χ2v) is 8.69. The van der Waals surface area contributed by atoms with Gasteiger partial charge in [-0.25, -0.2) is 4.98 Å². The Morgan fingerprint density at radius 1 is 1.14 bits per heavy atom. The zero-order chi connectivity index (χ0) is 20.1. The molecule has 2 aliphatic rings. The highest BCUT2D eigenvalue weighted by Gasteiger charge is 2.19. The largest absolute Gasteiger partial charge is 0.494 e. The van der Waals surface area contributed by atoms with E-state index in [1.165, 1.54) is 51.7 Å². The van der Waals surface area contributed by atoms with Crippen LogP contribution in [0.15, 0.2) is 28.9 Å². The number of likely N-dealkylation sites (tertiary alicyclic amines) is 2. The van der Waals surface area contributed by atoms with Crippen molar-refractivity contribution >= 4 is 0 Å². The summed E-state index contributed by atoms with van der Waals surface area (Å²) >= 11 is 0. The van der Waals surface area contributed by atoms with E-state index in [1.54, 1.807) is 0 Å². The third-order valence-electron chi connectivity index (χ3n) is 6.36. The van der Waals surface area contributed by atoms with Crippen LogP contribution in [-0.2, 0) is 6.54 Å². The average Bonchev–Trinajstić information content (AvgIpc) is 3.35. The van der Waals surface area contributed by atoms with E-state index in [2.05, 4.69) is 35.8 Å². The average molecular weight is 398 g/mol. The Balaban J connectivity index is 1.29. The fraction of sp³-hybridized carbons (Fsp3) is 0.625. The van der Waals surface area contributed by atoms with Crippen molar-refractivity contribution < 1.29 is 9.15 Å². The normalized spacial score (nSPS) is 21.0. The van der Waals surface area contributed by atoms with Gasteiger partial charge in [0.25, 0.3) is 0 Å². The third kappa shape index (κ3) is 5.40. The van der Waals surface area contributed by atoms with E-state index in [4.69, 9.17) is 14.1 Å². The summed E-state index contributed by atoms with van der Waals surface area (Å²) in [6.45, 7) is 10.8. The maximum Gasteiger partial charge on any atom is 0.226 e. The van der Waals surface area contributed by atoms with E-state index < -0.39 is 0 Å². The van der Waals surface area contributed by atoms with Crippen LogP contribution in [0, 0.1) is 6.92 Å². The zero-order valence-electron chi connectivity index (χ0n) is 18.0. The molecule has 0 saturated carbocycles. The molecular weight excluding hydrogens is 362 g/mol. The molecule has 3 heterocycles. The molecule has 1 unspecified atom stereocenters. The summed E-state index contributed by atoms with van der Waals surface area (Å²) in [5.41, 5.74) is 3.22. The van der Waals surface area contributed by atoms with Crippen LogP contribution < -0.4 is 4.74 Å². The van der Waals surface area contributed by atoms with Crippen molar-refractivity contribution in [1.82, 2.24) is 14.8 Å². The molecule has 0 N–H and O–H groups in total. The van der Waals surface area contributed by atoms with Crippen molar-refractivity contribution in [2.45, 2.75) is 65.0 Å². The SMILES string of the molecule is Cc1cc(OCCCN2CCCC2C)ccc1-c1nc(CN2CCCCC2)co1. The number of oxazole rings is 1. The van der Waals surface area contributed by atoms with Crippen LogP contribution in [0.1, 0.15) is 56.7 Å². The highest BCUT2D eigenvalue weighted by atomic mass is 16.5. The van der Waals surface area contributed by atoms with Crippen molar-refractivity contribution in [3.8, 4) is 17.2 Å². The number of rotatable bonds is 8. The molecule has 0 radical (unpaired) electrons. The molecule has 2 saturated heterocycles. The molecule has 4 rings (SSSR count). The number of nitrogens with zero attached hydrogens (tertiary/aromatic N) is 3. The predicted molar refractivity (Wildman–Crippen MR) is 116 cm³/mol. The van der Waals surface area contributed by atoms with Crippen LogP contribution in [0.3, 0.4) is 0 Å². The minimum Gasteiger partial charge on any atom is -0.494 e. The number of benzene rings is 1. The fourth-order valence-electron chi connectivity index (χ4n) is 4.60. The lowest BCUT2D eigenvalue weighted by Gasteiger charge is -2.25. The summed E-state index contributed by atoms with van der Waals surface area (Å²) in [6.07, 6.45) is 9.50. The van der Waals surface area contributed by atoms with E-state index in [9.17, 15) is 0 Å². The summed E-state index contributed by atoms with van der Waals surface area (Å²) < 4.78 is 11.8. The summed E-state index contributed by atoms with van der Waals surface area (Å²) in [6, 6.07) is 6.94. The molecular formula is C24H35N3O2. The minimum atomic E-state index is 0.712. The third-order valence-corrected chi connectivity index (χ3v) is 6.36. The Morgan fingerprint density at radius 2 is 2.00 bits per heavy atom. The van der Waals surface area contributed by atoms with Gasteiger partial charge in [0.05, 0.1) is 12.3 Å². The van der Waals surface area contributed by atoms with E-state index in [1.807, 2.05) is 12.3 Å². The molecule has 1 atom stereocenters. The lowest BCUT2D eigenvalue weighted by atomic mass is 10.1. The molecule has 5 heteroatoms. The molecule has 2 aliphatic heterocycles. The van der Waals surface area contributed by atoms with Crippen LogP contribution in [0.2, 0.25) is 0 Å². The van der Waals surface area contributed by atoms with E-state index in [0.29, 0.717) is 5.89 Å². The lowest BCUT2D eigenvalue weighted by molar-refractivity contribution is 0.218. The Labute approximate surface area is 175 Å². The van der Waals surface area contributed by atoms with Crippen LogP contribution in [0.25, 0.3) is 11.5 Å². The molecule has 5 nitrogen and oxygen atoms in total. The van der Waals surface area contributed by atoms with E-state index in [-0.39, 0.29) is 0 Å². The maximum atomic E-state index is 5.99. The summed E-state index contributed by atoms with van der Waals surface area (Å²) in [4.78, 5) is 9.78. The van der Waals surface area contributed by atoms with Gasteiger partial charge < -0.3 is 14.1 Å². The Hall–Kier alpha value is -1.85. The van der Waals surface area contributed by atoms with Gasteiger partial charge in [0, 0.05) is 24.7 Å². The molecule has 1 aromatic heterocycles. The highest BCUT2D eigenvalue weighted by molar-refractivity contribution is 5.60. The Morgan fingerprint density at radius 3 is 2.76 bits per heavy atom. The number of piperidine rings is 1. The maximum absolute atomic E-state index is 5.99. The topological polar surface area (TPSA) is 41.7 Å². The molecule has 2 aromatic rings. The van der Waals surface area contributed by atoms with E-state index in [0.717, 1.165) is 54.7 Å². The Bertz CT molecular complexity index is 782. The summed E-state index contributed by atoms with van der Waals surface area (Å²) in [7, 11) is 0. The second-order valence-electron chi connectivity index (χ2n) is 8.69. The van der Waals surface area contributed by atoms with Crippen LogP contribution >= 0.6 is 0 Å². The number of aromatic nitrogens is 1. The van der Waals surface area contributed by atoms with Crippen molar-refractivity contribution in [3.63, 3.8) is 0 Å². The molecule has 0 aliphatic carbocycles. The molecule has 158 valence electrons. The van der Waals surface area contributed by atoms with Crippen LogP contribution in [0.4, 0.5) is 0 Å².